The Morgan fingerprint density at radius 2 is 2.50 bits per heavy atom. The first-order valence-electron chi connectivity index (χ1n) is 2.02. The average molecular weight is 129 g/mol. The van der Waals surface area contributed by atoms with Gasteiger partial charge in [-0.05, 0) is 6.07 Å². The topological polar surface area (TPSA) is 33.1 Å². The average Bonchev–Trinajstić information content (AvgIpc) is 1.77. The molecule has 1 heterocycles. The van der Waals surface area contributed by atoms with E-state index in [4.69, 9.17) is 16.7 Å². The Kier molecular flexibility index (Phi) is 1.35. The van der Waals surface area contributed by atoms with Gasteiger partial charge in [0.05, 0.1) is 0 Å². The second kappa shape index (κ2) is 2.01. The Morgan fingerprint density at radius 3 is 2.88 bits per heavy atom. The predicted octanol–water partition coefficient (Wildman–Crippen LogP) is 1.24. The van der Waals surface area contributed by atoms with Crippen molar-refractivity contribution in [2.75, 3.05) is 0 Å². The van der Waals surface area contributed by atoms with Crippen LogP contribution in [0.1, 0.15) is 0 Å². The van der Waals surface area contributed by atoms with Crippen LogP contribution in [0.5, 0.6) is 5.75 Å². The maximum Gasteiger partial charge on any atom is 0.138 e. The van der Waals surface area contributed by atoms with Crippen molar-refractivity contribution in [1.29, 1.82) is 0 Å². The lowest BCUT2D eigenvalue weighted by atomic mass is 10.5. The summed E-state index contributed by atoms with van der Waals surface area (Å²) in [7, 11) is 0. The highest BCUT2D eigenvalue weighted by atomic mass is 35.5. The molecule has 1 aromatic rings. The van der Waals surface area contributed by atoms with Crippen molar-refractivity contribution in [3.05, 3.63) is 23.5 Å². The zero-order valence-electron chi connectivity index (χ0n) is 3.93. The molecule has 3 heteroatoms. The van der Waals surface area contributed by atoms with Crippen LogP contribution in [0.3, 0.4) is 0 Å². The van der Waals surface area contributed by atoms with Crippen LogP contribution < -0.4 is 0 Å². The van der Waals surface area contributed by atoms with E-state index in [1.54, 1.807) is 0 Å². The highest BCUT2D eigenvalue weighted by Gasteiger charge is 1.92. The zero-order valence-corrected chi connectivity index (χ0v) is 4.68. The first kappa shape index (κ1) is 5.38. The summed E-state index contributed by atoms with van der Waals surface area (Å²) in [6, 6.07) is 1.40. The minimum Gasteiger partial charge on any atom is -0.506 e. The van der Waals surface area contributed by atoms with Gasteiger partial charge in [0.15, 0.2) is 0 Å². The SMILES string of the molecule is Oc1ccn[c]c1Cl. The monoisotopic (exact) mass is 128 g/mol. The summed E-state index contributed by atoms with van der Waals surface area (Å²) in [5.74, 6) is 0.0154. The highest BCUT2D eigenvalue weighted by Crippen LogP contribution is 2.18. The second-order valence-electron chi connectivity index (χ2n) is 1.26. The van der Waals surface area contributed by atoms with Gasteiger partial charge in [-0.25, -0.2) is 0 Å². The third kappa shape index (κ3) is 0.898. The van der Waals surface area contributed by atoms with Gasteiger partial charge in [-0.1, -0.05) is 11.6 Å². The van der Waals surface area contributed by atoms with Gasteiger partial charge >= 0.3 is 0 Å². The Morgan fingerprint density at radius 1 is 1.75 bits per heavy atom. The minimum atomic E-state index is 0.0154. The van der Waals surface area contributed by atoms with Gasteiger partial charge in [-0.2, -0.15) is 0 Å². The molecule has 0 amide bonds. The van der Waals surface area contributed by atoms with E-state index in [2.05, 4.69) is 11.2 Å². The molecule has 1 radical (unpaired) electrons. The van der Waals surface area contributed by atoms with E-state index in [1.807, 2.05) is 0 Å². The molecule has 0 aliphatic rings. The summed E-state index contributed by atoms with van der Waals surface area (Å²) in [6.45, 7) is 0. The molecule has 1 aromatic heterocycles. The fourth-order valence-corrected chi connectivity index (χ4v) is 0.444. The predicted molar refractivity (Wildman–Crippen MR) is 29.7 cm³/mol. The van der Waals surface area contributed by atoms with E-state index >= 15 is 0 Å². The number of nitrogens with zero attached hydrogens (tertiary/aromatic N) is 1. The van der Waals surface area contributed by atoms with Crippen molar-refractivity contribution in [2.45, 2.75) is 0 Å². The molecule has 41 valence electrons. The van der Waals surface area contributed by atoms with E-state index in [1.165, 1.54) is 12.3 Å². The number of hydrogen-bond acceptors (Lipinski definition) is 2. The minimum absolute atomic E-state index is 0.0154. The van der Waals surface area contributed by atoms with Crippen molar-refractivity contribution < 1.29 is 5.11 Å². The van der Waals surface area contributed by atoms with Crippen molar-refractivity contribution in [3.8, 4) is 5.75 Å². The first-order chi connectivity index (χ1) is 3.80. The van der Waals surface area contributed by atoms with Gasteiger partial charge < -0.3 is 5.11 Å². The largest absolute Gasteiger partial charge is 0.506 e. The molecular weight excluding hydrogens is 126 g/mol. The van der Waals surface area contributed by atoms with Crippen LogP contribution in [0.15, 0.2) is 12.3 Å². The quantitative estimate of drug-likeness (QED) is 0.570. The summed E-state index contributed by atoms with van der Waals surface area (Å²) < 4.78 is 0. The zero-order chi connectivity index (χ0) is 5.98. The molecule has 2 nitrogen and oxygen atoms in total. The Hall–Kier alpha value is -0.760. The third-order valence-corrected chi connectivity index (χ3v) is 0.973. The molecule has 0 fully saturated rings. The summed E-state index contributed by atoms with van der Waals surface area (Å²) in [5, 5.41) is 8.88. The van der Waals surface area contributed by atoms with Crippen LogP contribution in [-0.2, 0) is 0 Å². The lowest BCUT2D eigenvalue weighted by molar-refractivity contribution is 0.474. The maximum atomic E-state index is 8.72. The molecule has 0 saturated heterocycles. The Balaban J connectivity index is 3.13. The van der Waals surface area contributed by atoms with Crippen molar-refractivity contribution in [3.63, 3.8) is 0 Å². The Labute approximate surface area is 51.7 Å². The normalized spacial score (nSPS) is 9.12. The molecule has 8 heavy (non-hydrogen) atoms. The molecule has 1 rings (SSSR count). The van der Waals surface area contributed by atoms with Gasteiger partial charge in [0.25, 0.3) is 0 Å². The molecule has 0 bridgehead atoms. The summed E-state index contributed by atoms with van der Waals surface area (Å²) in [5.41, 5.74) is 0. The molecule has 0 spiro atoms. The lowest BCUT2D eigenvalue weighted by Crippen LogP contribution is -1.69. The van der Waals surface area contributed by atoms with Gasteiger partial charge in [-0.3, -0.25) is 4.98 Å². The summed E-state index contributed by atoms with van der Waals surface area (Å²) in [4.78, 5) is 3.53. The van der Waals surface area contributed by atoms with E-state index in [9.17, 15) is 0 Å². The van der Waals surface area contributed by atoms with Crippen molar-refractivity contribution in [2.24, 2.45) is 0 Å². The van der Waals surface area contributed by atoms with Crippen LogP contribution in [0.25, 0.3) is 0 Å². The van der Waals surface area contributed by atoms with Gasteiger partial charge in [0.1, 0.15) is 17.0 Å². The lowest BCUT2D eigenvalue weighted by Gasteiger charge is -1.88. The fraction of sp³-hybridized carbons (Fsp3) is 0. The molecule has 0 aliphatic heterocycles. The summed E-state index contributed by atoms with van der Waals surface area (Å²) in [6.07, 6.45) is 3.78. The van der Waals surface area contributed by atoms with Gasteiger partial charge in [-0.15, -0.1) is 0 Å². The highest BCUT2D eigenvalue weighted by molar-refractivity contribution is 6.31. The van der Waals surface area contributed by atoms with Crippen LogP contribution in [-0.4, -0.2) is 10.1 Å². The Bertz CT molecular complexity index is 169. The van der Waals surface area contributed by atoms with Crippen LogP contribution >= 0.6 is 11.6 Å². The molecule has 0 aliphatic carbocycles. The molecule has 1 N–H and O–H groups in total. The fourth-order valence-electron chi connectivity index (χ4n) is 0.332. The van der Waals surface area contributed by atoms with Gasteiger partial charge in [0.2, 0.25) is 0 Å². The number of rotatable bonds is 0. The van der Waals surface area contributed by atoms with E-state index in [0.29, 0.717) is 0 Å². The van der Waals surface area contributed by atoms with E-state index in [-0.39, 0.29) is 10.8 Å². The first-order valence-corrected chi connectivity index (χ1v) is 2.39. The number of aromatic hydroxyl groups is 1. The van der Waals surface area contributed by atoms with Crippen LogP contribution in [0.4, 0.5) is 0 Å². The number of hydrogen-bond donors (Lipinski definition) is 1. The third-order valence-electron chi connectivity index (χ3n) is 0.695. The van der Waals surface area contributed by atoms with E-state index < -0.39 is 0 Å². The van der Waals surface area contributed by atoms with Gasteiger partial charge in [0, 0.05) is 6.20 Å². The second-order valence-corrected chi connectivity index (χ2v) is 1.63. The number of halogens is 1. The molecule has 0 aromatic carbocycles. The van der Waals surface area contributed by atoms with E-state index in [0.717, 1.165) is 0 Å². The molecule has 0 unspecified atom stereocenters. The number of aromatic nitrogens is 1. The van der Waals surface area contributed by atoms with Crippen molar-refractivity contribution in [1.82, 2.24) is 4.98 Å². The molecule has 0 saturated carbocycles. The summed E-state index contributed by atoms with van der Waals surface area (Å²) >= 11 is 5.34. The maximum absolute atomic E-state index is 8.72. The molecular formula is C5H3ClNO. The molecule has 0 atom stereocenters. The van der Waals surface area contributed by atoms with Crippen molar-refractivity contribution >= 4 is 11.6 Å². The van der Waals surface area contributed by atoms with Crippen LogP contribution in [0, 0.1) is 6.20 Å². The van der Waals surface area contributed by atoms with Crippen LogP contribution in [0.2, 0.25) is 5.02 Å². The number of pyridine rings is 1. The standard InChI is InChI=1S/C5H3ClNO/c6-4-3-7-2-1-5(4)8/h1-2H,(H,7,8). The smallest absolute Gasteiger partial charge is 0.138 e.